The average Bonchev–Trinajstić information content (AvgIpc) is 2.75. The molecule has 0 spiro atoms. The molecular formula is C18H37N5O9. The summed E-state index contributed by atoms with van der Waals surface area (Å²) in [5, 5.41) is 50.7. The second-order valence-corrected chi connectivity index (χ2v) is 8.78. The maximum absolute atomic E-state index is 11.0. The summed E-state index contributed by atoms with van der Waals surface area (Å²) >= 11 is 0. The van der Waals surface area contributed by atoms with Crippen LogP contribution in [0.5, 0.6) is 0 Å². The van der Waals surface area contributed by atoms with Crippen molar-refractivity contribution < 1.29 is 44.5 Å². The number of nitrogens with two attached hydrogens (primary N) is 5. The lowest BCUT2D eigenvalue weighted by atomic mass is 9.84. The minimum absolute atomic E-state index is 0.0542. The molecule has 0 amide bonds. The highest BCUT2D eigenvalue weighted by Crippen LogP contribution is 2.30. The first kappa shape index (κ1) is 26.1. The standard InChI is InChI=1S/C18H37N5O9/c19-3-9-8(25)2-7(22)17(29-9)31-15-5(20)1-6(21)16(14(15)28)32-18-13(27)11(23)12(26)10(4-24)30-18/h5-18,24-28H,1-4,19-23H2/t5?,6-,7+,8+,9?,10-,11?,12-,13-,14?,15-,16-,17-,18?/m1/s1. The van der Waals surface area contributed by atoms with Crippen molar-refractivity contribution in [2.75, 3.05) is 13.2 Å². The first-order chi connectivity index (χ1) is 15.1. The van der Waals surface area contributed by atoms with E-state index in [2.05, 4.69) is 0 Å². The molecule has 3 aliphatic rings. The Kier molecular flexibility index (Phi) is 8.79. The van der Waals surface area contributed by atoms with E-state index >= 15 is 0 Å². The fraction of sp³-hybridized carbons (Fsp3) is 1.00. The molecule has 0 radical (unpaired) electrons. The lowest BCUT2D eigenvalue weighted by Crippen LogP contribution is -2.68. The second-order valence-electron chi connectivity index (χ2n) is 8.78. The Labute approximate surface area is 185 Å². The first-order valence-corrected chi connectivity index (χ1v) is 10.8. The molecule has 14 atom stereocenters. The number of hydrogen-bond donors (Lipinski definition) is 10. The molecule has 2 saturated heterocycles. The predicted molar refractivity (Wildman–Crippen MR) is 108 cm³/mol. The quantitative estimate of drug-likeness (QED) is 0.174. The third-order valence-corrected chi connectivity index (χ3v) is 6.41. The molecule has 1 saturated carbocycles. The molecule has 0 bridgehead atoms. The number of aliphatic hydroxyl groups excluding tert-OH is 5. The van der Waals surface area contributed by atoms with E-state index in [0.29, 0.717) is 0 Å². The molecule has 2 aliphatic heterocycles. The van der Waals surface area contributed by atoms with Gasteiger partial charge in [-0.3, -0.25) is 0 Å². The molecule has 5 unspecified atom stereocenters. The van der Waals surface area contributed by atoms with Gasteiger partial charge < -0.3 is 73.1 Å². The predicted octanol–water partition coefficient (Wildman–Crippen LogP) is -6.30. The van der Waals surface area contributed by atoms with Crippen LogP contribution in [0.1, 0.15) is 12.8 Å². The molecule has 32 heavy (non-hydrogen) atoms. The van der Waals surface area contributed by atoms with E-state index in [1.54, 1.807) is 0 Å². The maximum atomic E-state index is 11.0. The molecule has 15 N–H and O–H groups in total. The van der Waals surface area contributed by atoms with Gasteiger partial charge in [-0.1, -0.05) is 0 Å². The van der Waals surface area contributed by atoms with Crippen molar-refractivity contribution in [3.8, 4) is 0 Å². The average molecular weight is 468 g/mol. The molecule has 0 aromatic heterocycles. The van der Waals surface area contributed by atoms with Crippen molar-refractivity contribution in [2.45, 2.75) is 98.4 Å². The smallest absolute Gasteiger partial charge is 0.186 e. The van der Waals surface area contributed by atoms with Gasteiger partial charge in [0.15, 0.2) is 12.6 Å². The van der Waals surface area contributed by atoms with Crippen LogP contribution in [-0.4, -0.2) is 124 Å². The Morgan fingerprint density at radius 1 is 0.719 bits per heavy atom. The van der Waals surface area contributed by atoms with E-state index in [1.165, 1.54) is 0 Å². The highest BCUT2D eigenvalue weighted by molar-refractivity contribution is 5.01. The second kappa shape index (κ2) is 10.8. The largest absolute Gasteiger partial charge is 0.394 e. The minimum Gasteiger partial charge on any atom is -0.394 e. The monoisotopic (exact) mass is 467 g/mol. The lowest BCUT2D eigenvalue weighted by molar-refractivity contribution is -0.314. The molecule has 14 nitrogen and oxygen atoms in total. The van der Waals surface area contributed by atoms with Crippen molar-refractivity contribution in [3.63, 3.8) is 0 Å². The van der Waals surface area contributed by atoms with Crippen LogP contribution in [0, 0.1) is 0 Å². The number of hydrogen-bond acceptors (Lipinski definition) is 14. The highest BCUT2D eigenvalue weighted by atomic mass is 16.7. The van der Waals surface area contributed by atoms with Crippen LogP contribution in [-0.2, 0) is 18.9 Å². The summed E-state index contributed by atoms with van der Waals surface area (Å²) in [4.78, 5) is 0. The van der Waals surface area contributed by atoms with Gasteiger partial charge >= 0.3 is 0 Å². The summed E-state index contributed by atoms with van der Waals surface area (Å²) in [6.07, 6.45) is -10.8. The SMILES string of the molecule is NCC1O[C@H](O[C@@H]2C(N)C[C@@H](N)[C@@H](OC3O[C@H](CO)[C@@H](O)C(N)[C@H]3O)C2O)[C@@H](N)C[C@@H]1O. The van der Waals surface area contributed by atoms with E-state index in [0.717, 1.165) is 0 Å². The van der Waals surface area contributed by atoms with Crippen molar-refractivity contribution in [2.24, 2.45) is 28.7 Å². The molecule has 188 valence electrons. The van der Waals surface area contributed by atoms with Crippen LogP contribution in [0.15, 0.2) is 0 Å². The van der Waals surface area contributed by atoms with Crippen molar-refractivity contribution in [1.82, 2.24) is 0 Å². The first-order valence-electron chi connectivity index (χ1n) is 10.8. The van der Waals surface area contributed by atoms with E-state index in [1.807, 2.05) is 0 Å². The zero-order valence-electron chi connectivity index (χ0n) is 17.7. The lowest BCUT2D eigenvalue weighted by Gasteiger charge is -2.47. The maximum Gasteiger partial charge on any atom is 0.186 e. The van der Waals surface area contributed by atoms with Gasteiger partial charge in [0.1, 0.15) is 36.6 Å². The molecule has 3 rings (SSSR count). The Hall–Kier alpha value is -0.560. The zero-order valence-corrected chi connectivity index (χ0v) is 17.7. The van der Waals surface area contributed by atoms with Crippen LogP contribution in [0.2, 0.25) is 0 Å². The summed E-state index contributed by atoms with van der Waals surface area (Å²) in [7, 11) is 0. The van der Waals surface area contributed by atoms with E-state index in [4.69, 9.17) is 47.6 Å². The van der Waals surface area contributed by atoms with Gasteiger partial charge in [0.2, 0.25) is 0 Å². The number of rotatable bonds is 6. The van der Waals surface area contributed by atoms with Crippen LogP contribution < -0.4 is 28.7 Å². The van der Waals surface area contributed by atoms with Gasteiger partial charge in [-0.2, -0.15) is 0 Å². The van der Waals surface area contributed by atoms with Gasteiger partial charge in [-0.25, -0.2) is 0 Å². The van der Waals surface area contributed by atoms with Crippen LogP contribution in [0.3, 0.4) is 0 Å². The van der Waals surface area contributed by atoms with E-state index in [-0.39, 0.29) is 19.4 Å². The molecule has 14 heteroatoms. The van der Waals surface area contributed by atoms with Crippen LogP contribution in [0.25, 0.3) is 0 Å². The molecule has 1 aliphatic carbocycles. The topological polar surface area (TPSA) is 268 Å². The van der Waals surface area contributed by atoms with Gasteiger partial charge in [0, 0.05) is 18.6 Å². The van der Waals surface area contributed by atoms with Crippen LogP contribution in [0.4, 0.5) is 0 Å². The molecule has 3 fully saturated rings. The molecule has 0 aromatic carbocycles. The number of ether oxygens (including phenoxy) is 4. The number of aliphatic hydroxyl groups is 5. The van der Waals surface area contributed by atoms with Crippen molar-refractivity contribution in [3.05, 3.63) is 0 Å². The zero-order chi connectivity index (χ0) is 23.7. The summed E-state index contributed by atoms with van der Waals surface area (Å²) in [5.74, 6) is 0. The van der Waals surface area contributed by atoms with Gasteiger partial charge in [-0.15, -0.1) is 0 Å². The minimum atomic E-state index is -1.44. The summed E-state index contributed by atoms with van der Waals surface area (Å²) in [5.41, 5.74) is 29.8. The normalized spacial score (nSPS) is 52.7. The Morgan fingerprint density at radius 2 is 1.28 bits per heavy atom. The van der Waals surface area contributed by atoms with E-state index in [9.17, 15) is 25.5 Å². The fourth-order valence-corrected chi connectivity index (χ4v) is 4.43. The Balaban J connectivity index is 1.70. The fourth-order valence-electron chi connectivity index (χ4n) is 4.43. The van der Waals surface area contributed by atoms with E-state index < -0.39 is 92.2 Å². The van der Waals surface area contributed by atoms with Crippen LogP contribution >= 0.6 is 0 Å². The van der Waals surface area contributed by atoms with Crippen molar-refractivity contribution >= 4 is 0 Å². The summed E-state index contributed by atoms with van der Waals surface area (Å²) < 4.78 is 22.7. The molecule has 0 aromatic rings. The Bertz CT molecular complexity index is 607. The third-order valence-electron chi connectivity index (χ3n) is 6.41. The van der Waals surface area contributed by atoms with Gasteiger partial charge in [0.25, 0.3) is 0 Å². The van der Waals surface area contributed by atoms with Gasteiger partial charge in [-0.05, 0) is 12.8 Å². The summed E-state index contributed by atoms with van der Waals surface area (Å²) in [6.45, 7) is -0.499. The van der Waals surface area contributed by atoms with Gasteiger partial charge in [0.05, 0.1) is 30.9 Å². The third kappa shape index (κ3) is 5.24. The molecular weight excluding hydrogens is 430 g/mol. The Morgan fingerprint density at radius 3 is 1.84 bits per heavy atom. The molecule has 2 heterocycles. The highest BCUT2D eigenvalue weighted by Gasteiger charge is 2.50. The van der Waals surface area contributed by atoms with Crippen molar-refractivity contribution in [1.29, 1.82) is 0 Å². The summed E-state index contributed by atoms with van der Waals surface area (Å²) in [6, 6.07) is -3.27.